The lowest BCUT2D eigenvalue weighted by Gasteiger charge is -2.25. The molecule has 2 N–H and O–H groups in total. The zero-order chi connectivity index (χ0) is 13.2. The van der Waals surface area contributed by atoms with E-state index in [-0.39, 0.29) is 0 Å². The highest BCUT2D eigenvalue weighted by molar-refractivity contribution is 6.33. The first-order valence-electron chi connectivity index (χ1n) is 6.31. The average molecular weight is 275 g/mol. The zero-order valence-electron chi connectivity index (χ0n) is 10.5. The van der Waals surface area contributed by atoms with Gasteiger partial charge in [-0.05, 0) is 30.7 Å². The van der Waals surface area contributed by atoms with Crippen LogP contribution >= 0.6 is 11.6 Å². The second-order valence-corrected chi connectivity index (χ2v) is 4.90. The van der Waals surface area contributed by atoms with Gasteiger partial charge in [-0.15, -0.1) is 0 Å². The van der Waals surface area contributed by atoms with E-state index in [4.69, 9.17) is 22.1 Å². The number of hydrogen-bond acceptors (Lipinski definition) is 3. The number of rotatable bonds is 1. The maximum absolute atomic E-state index is 6.12. The molecular formula is C15H15ClN2O. The number of ether oxygens (including phenoxy) is 1. The predicted molar refractivity (Wildman–Crippen MR) is 79.4 cm³/mol. The van der Waals surface area contributed by atoms with Gasteiger partial charge >= 0.3 is 0 Å². The topological polar surface area (TPSA) is 38.5 Å². The van der Waals surface area contributed by atoms with Crippen molar-refractivity contribution in [1.82, 2.24) is 0 Å². The molecule has 0 amide bonds. The molecule has 0 atom stereocenters. The normalized spacial score (nSPS) is 14.5. The monoisotopic (exact) mass is 274 g/mol. The Labute approximate surface area is 117 Å². The molecule has 1 aliphatic heterocycles. The third kappa shape index (κ3) is 2.22. The minimum Gasteiger partial charge on any atom is -0.491 e. The molecule has 0 aromatic heterocycles. The summed E-state index contributed by atoms with van der Waals surface area (Å²) >= 11 is 6.12. The first-order chi connectivity index (χ1) is 9.27. The summed E-state index contributed by atoms with van der Waals surface area (Å²) in [6.07, 6.45) is 0.945. The van der Waals surface area contributed by atoms with Gasteiger partial charge in [0.1, 0.15) is 5.75 Å². The van der Waals surface area contributed by atoms with Crippen LogP contribution in [0, 0.1) is 0 Å². The third-order valence-electron chi connectivity index (χ3n) is 3.26. The molecule has 0 radical (unpaired) electrons. The SMILES string of the molecule is Nc1c(Cl)cccc1N1CCCOc2ccccc21. The summed E-state index contributed by atoms with van der Waals surface area (Å²) < 4.78 is 5.75. The molecule has 1 heterocycles. The van der Waals surface area contributed by atoms with E-state index < -0.39 is 0 Å². The summed E-state index contributed by atoms with van der Waals surface area (Å²) in [5.41, 5.74) is 8.69. The Bertz CT molecular complexity index is 600. The quantitative estimate of drug-likeness (QED) is 0.803. The molecule has 0 saturated carbocycles. The fraction of sp³-hybridized carbons (Fsp3) is 0.200. The van der Waals surface area contributed by atoms with Crippen molar-refractivity contribution in [2.24, 2.45) is 0 Å². The largest absolute Gasteiger partial charge is 0.491 e. The lowest BCUT2D eigenvalue weighted by atomic mass is 10.2. The van der Waals surface area contributed by atoms with Crippen molar-refractivity contribution >= 4 is 28.7 Å². The second kappa shape index (κ2) is 5.02. The van der Waals surface area contributed by atoms with E-state index >= 15 is 0 Å². The first kappa shape index (κ1) is 12.2. The number of halogens is 1. The van der Waals surface area contributed by atoms with Crippen molar-refractivity contribution in [1.29, 1.82) is 0 Å². The number of nitrogens with zero attached hydrogens (tertiary/aromatic N) is 1. The lowest BCUT2D eigenvalue weighted by Crippen LogP contribution is -2.19. The number of nitrogens with two attached hydrogens (primary N) is 1. The number of para-hydroxylation sites is 3. The molecule has 0 aliphatic carbocycles. The molecule has 0 saturated heterocycles. The number of fused-ring (bicyclic) bond motifs is 1. The Hall–Kier alpha value is -1.87. The van der Waals surface area contributed by atoms with Crippen molar-refractivity contribution in [2.75, 3.05) is 23.8 Å². The number of benzene rings is 2. The van der Waals surface area contributed by atoms with Crippen molar-refractivity contribution in [3.05, 3.63) is 47.5 Å². The number of anilines is 3. The summed E-state index contributed by atoms with van der Waals surface area (Å²) in [6, 6.07) is 13.7. The Kier molecular flexibility index (Phi) is 3.22. The van der Waals surface area contributed by atoms with E-state index in [1.807, 2.05) is 36.4 Å². The van der Waals surface area contributed by atoms with Crippen LogP contribution in [0.1, 0.15) is 6.42 Å². The average Bonchev–Trinajstić information content (AvgIpc) is 2.64. The van der Waals surface area contributed by atoms with Crippen LogP contribution < -0.4 is 15.4 Å². The predicted octanol–water partition coefficient (Wildman–Crippen LogP) is 3.84. The molecule has 3 nitrogen and oxygen atoms in total. The van der Waals surface area contributed by atoms with Crippen molar-refractivity contribution < 1.29 is 4.74 Å². The van der Waals surface area contributed by atoms with Crippen LogP contribution in [0.2, 0.25) is 5.02 Å². The fourth-order valence-corrected chi connectivity index (χ4v) is 2.51. The molecule has 98 valence electrons. The minimum absolute atomic E-state index is 0.583. The van der Waals surface area contributed by atoms with Gasteiger partial charge in [0.2, 0.25) is 0 Å². The zero-order valence-corrected chi connectivity index (χ0v) is 11.2. The lowest BCUT2D eigenvalue weighted by molar-refractivity contribution is 0.322. The van der Waals surface area contributed by atoms with Gasteiger partial charge in [0, 0.05) is 6.54 Å². The van der Waals surface area contributed by atoms with E-state index in [1.165, 1.54) is 0 Å². The van der Waals surface area contributed by atoms with Crippen LogP contribution in [-0.4, -0.2) is 13.2 Å². The number of hydrogen-bond donors (Lipinski definition) is 1. The van der Waals surface area contributed by atoms with Crippen molar-refractivity contribution in [3.63, 3.8) is 0 Å². The van der Waals surface area contributed by atoms with E-state index in [1.54, 1.807) is 6.07 Å². The highest BCUT2D eigenvalue weighted by Crippen LogP contribution is 2.40. The molecule has 2 aromatic carbocycles. The first-order valence-corrected chi connectivity index (χ1v) is 6.68. The highest BCUT2D eigenvalue weighted by atomic mass is 35.5. The Morgan fingerprint density at radius 2 is 1.84 bits per heavy atom. The molecule has 2 aromatic rings. The van der Waals surface area contributed by atoms with Gasteiger partial charge in [0.05, 0.1) is 28.7 Å². The molecule has 0 fully saturated rings. The van der Waals surface area contributed by atoms with Gasteiger partial charge in [-0.25, -0.2) is 0 Å². The Morgan fingerprint density at radius 3 is 2.74 bits per heavy atom. The Balaban J connectivity index is 2.12. The Morgan fingerprint density at radius 1 is 1.05 bits per heavy atom. The van der Waals surface area contributed by atoms with Crippen LogP contribution in [0.25, 0.3) is 0 Å². The summed E-state index contributed by atoms with van der Waals surface area (Å²) in [6.45, 7) is 1.58. The minimum atomic E-state index is 0.583. The van der Waals surface area contributed by atoms with Gasteiger partial charge in [-0.3, -0.25) is 0 Å². The summed E-state index contributed by atoms with van der Waals surface area (Å²) in [7, 11) is 0. The van der Waals surface area contributed by atoms with Gasteiger partial charge in [0.25, 0.3) is 0 Å². The highest BCUT2D eigenvalue weighted by Gasteiger charge is 2.19. The van der Waals surface area contributed by atoms with Gasteiger partial charge in [-0.1, -0.05) is 29.8 Å². The molecule has 19 heavy (non-hydrogen) atoms. The van der Waals surface area contributed by atoms with E-state index in [9.17, 15) is 0 Å². The summed E-state index contributed by atoms with van der Waals surface area (Å²) in [4.78, 5) is 2.17. The third-order valence-corrected chi connectivity index (χ3v) is 3.59. The van der Waals surface area contributed by atoms with Gasteiger partial charge in [0.15, 0.2) is 0 Å². The summed E-state index contributed by atoms with van der Waals surface area (Å²) in [5, 5.41) is 0.583. The molecule has 4 heteroatoms. The second-order valence-electron chi connectivity index (χ2n) is 4.49. The molecule has 0 spiro atoms. The maximum atomic E-state index is 6.12. The number of nitrogen functional groups attached to an aromatic ring is 1. The van der Waals surface area contributed by atoms with E-state index in [0.717, 1.165) is 30.1 Å². The van der Waals surface area contributed by atoms with Gasteiger partial charge < -0.3 is 15.4 Å². The smallest absolute Gasteiger partial charge is 0.142 e. The molecule has 0 bridgehead atoms. The van der Waals surface area contributed by atoms with Crippen molar-refractivity contribution in [3.8, 4) is 5.75 Å². The standard InChI is InChI=1S/C15H15ClN2O/c16-11-5-3-7-13(15(11)17)18-9-4-10-19-14-8-2-1-6-12(14)18/h1-3,5-8H,4,9-10,17H2. The van der Waals surface area contributed by atoms with E-state index in [0.29, 0.717) is 17.3 Å². The molecular weight excluding hydrogens is 260 g/mol. The van der Waals surface area contributed by atoms with Crippen LogP contribution in [0.3, 0.4) is 0 Å². The fourth-order valence-electron chi connectivity index (χ4n) is 2.34. The molecule has 0 unspecified atom stereocenters. The maximum Gasteiger partial charge on any atom is 0.142 e. The van der Waals surface area contributed by atoms with Crippen molar-refractivity contribution in [2.45, 2.75) is 6.42 Å². The molecule has 3 rings (SSSR count). The van der Waals surface area contributed by atoms with E-state index in [2.05, 4.69) is 4.90 Å². The van der Waals surface area contributed by atoms with Crippen LogP contribution in [0.15, 0.2) is 42.5 Å². The molecule has 1 aliphatic rings. The summed E-state index contributed by atoms with van der Waals surface area (Å²) in [5.74, 6) is 0.888. The van der Waals surface area contributed by atoms with Gasteiger partial charge in [-0.2, -0.15) is 0 Å². The van der Waals surface area contributed by atoms with Crippen LogP contribution in [0.5, 0.6) is 5.75 Å². The van der Waals surface area contributed by atoms with Crippen LogP contribution in [0.4, 0.5) is 17.1 Å². The van der Waals surface area contributed by atoms with Crippen LogP contribution in [-0.2, 0) is 0 Å².